The highest BCUT2D eigenvalue weighted by Crippen LogP contribution is 2.30. The molecule has 2 saturated heterocycles. The maximum Gasteiger partial charge on any atom is 0.296 e. The molecule has 2 aromatic carbocycles. The van der Waals surface area contributed by atoms with E-state index in [1.165, 1.54) is 10.3 Å². The Morgan fingerprint density at radius 1 is 0.951 bits per heavy atom. The summed E-state index contributed by atoms with van der Waals surface area (Å²) in [5.74, 6) is 1.01. The number of nitrogens with zero attached hydrogens (tertiary/aromatic N) is 6. The fourth-order valence-corrected chi connectivity index (χ4v) is 5.54. The van der Waals surface area contributed by atoms with Crippen molar-refractivity contribution in [2.75, 3.05) is 61.2 Å². The average Bonchev–Trinajstić information content (AvgIpc) is 3.42. The van der Waals surface area contributed by atoms with Crippen LogP contribution >= 0.6 is 0 Å². The molecule has 0 spiro atoms. The van der Waals surface area contributed by atoms with Gasteiger partial charge in [0.15, 0.2) is 5.82 Å². The molecule has 1 unspecified atom stereocenters. The van der Waals surface area contributed by atoms with E-state index in [0.29, 0.717) is 61.0 Å². The Morgan fingerprint density at radius 3 is 2.46 bits per heavy atom. The molecule has 11 heteroatoms. The van der Waals surface area contributed by atoms with Gasteiger partial charge in [-0.25, -0.2) is 13.8 Å². The monoisotopic (exact) mass is 563 g/mol. The van der Waals surface area contributed by atoms with Gasteiger partial charge in [0.2, 0.25) is 5.95 Å². The van der Waals surface area contributed by atoms with E-state index in [4.69, 9.17) is 19.4 Å². The Balaban J connectivity index is 1.33. The van der Waals surface area contributed by atoms with Crippen LogP contribution in [0.5, 0.6) is 0 Å². The number of aromatic nitrogens is 4. The number of anilines is 3. The van der Waals surface area contributed by atoms with Gasteiger partial charge in [-0.2, -0.15) is 9.97 Å². The SMILES string of the molecule is CC[C@@H]1COCCN1c1ccc(C(C)Nc2cc(-n3c(C(F)F)nc4ccccc43)nc(N3CCOCC3)n2)cc1. The van der Waals surface area contributed by atoms with Crippen LogP contribution in [-0.4, -0.2) is 71.6 Å². The van der Waals surface area contributed by atoms with Gasteiger partial charge in [0.25, 0.3) is 6.43 Å². The highest BCUT2D eigenvalue weighted by Gasteiger charge is 2.25. The van der Waals surface area contributed by atoms with E-state index in [9.17, 15) is 8.78 Å². The lowest BCUT2D eigenvalue weighted by atomic mass is 10.1. The van der Waals surface area contributed by atoms with E-state index < -0.39 is 6.43 Å². The number of benzene rings is 2. The lowest BCUT2D eigenvalue weighted by Crippen LogP contribution is -2.45. The number of hydrogen-bond donors (Lipinski definition) is 1. The molecule has 6 rings (SSSR count). The topological polar surface area (TPSA) is 80.6 Å². The molecule has 2 aliphatic heterocycles. The van der Waals surface area contributed by atoms with Crippen LogP contribution in [0.15, 0.2) is 54.6 Å². The predicted octanol–water partition coefficient (Wildman–Crippen LogP) is 5.38. The normalized spacial score (nSPS) is 18.7. The lowest BCUT2D eigenvalue weighted by molar-refractivity contribution is 0.0930. The largest absolute Gasteiger partial charge is 0.378 e. The summed E-state index contributed by atoms with van der Waals surface area (Å²) in [6.45, 7) is 8.95. The van der Waals surface area contributed by atoms with Crippen LogP contribution in [0.25, 0.3) is 16.9 Å². The van der Waals surface area contributed by atoms with Crippen LogP contribution in [-0.2, 0) is 9.47 Å². The lowest BCUT2D eigenvalue weighted by Gasteiger charge is -2.37. The summed E-state index contributed by atoms with van der Waals surface area (Å²) in [5, 5.41) is 3.49. The number of imidazole rings is 1. The number of rotatable bonds is 8. The molecule has 4 aromatic rings. The first-order valence-electron chi connectivity index (χ1n) is 14.2. The van der Waals surface area contributed by atoms with Crippen molar-refractivity contribution >= 4 is 28.5 Å². The summed E-state index contributed by atoms with van der Waals surface area (Å²) in [7, 11) is 0. The van der Waals surface area contributed by atoms with Crippen molar-refractivity contribution in [1.82, 2.24) is 19.5 Å². The molecule has 9 nitrogen and oxygen atoms in total. The number of fused-ring (bicyclic) bond motifs is 1. The predicted molar refractivity (Wildman–Crippen MR) is 155 cm³/mol. The van der Waals surface area contributed by atoms with Crippen LogP contribution in [0.4, 0.5) is 26.2 Å². The zero-order valence-corrected chi connectivity index (χ0v) is 23.3. The minimum absolute atomic E-state index is 0.0925. The standard InChI is InChI=1S/C30H35F2N7O2/c1-3-22-19-41-17-14-38(22)23-10-8-21(9-11-23)20(2)33-26-18-27(36-30(35-26)37-12-15-40-16-13-37)39-25-7-5-4-6-24(25)34-29(39)28(31)32/h4-11,18,20,22,28H,3,12-17,19H2,1-2H3,(H,33,35,36)/t20?,22-/m1/s1. The molecule has 0 saturated carbocycles. The van der Waals surface area contributed by atoms with Gasteiger partial charge in [0.05, 0.1) is 43.5 Å². The number of morpholine rings is 2. The molecular weight excluding hydrogens is 528 g/mol. The molecule has 0 amide bonds. The van der Waals surface area contributed by atoms with Crippen molar-refractivity contribution in [2.24, 2.45) is 0 Å². The second kappa shape index (κ2) is 12.0. The third-order valence-electron chi connectivity index (χ3n) is 7.79. The first-order chi connectivity index (χ1) is 20.0. The Labute approximate surface area is 238 Å². The summed E-state index contributed by atoms with van der Waals surface area (Å²) in [4.78, 5) is 18.2. The molecule has 4 heterocycles. The maximum absolute atomic E-state index is 14.2. The second-order valence-electron chi connectivity index (χ2n) is 10.4. The highest BCUT2D eigenvalue weighted by atomic mass is 19.3. The molecule has 2 aliphatic rings. The van der Waals surface area contributed by atoms with E-state index >= 15 is 0 Å². The van der Waals surface area contributed by atoms with Crippen LogP contribution in [0.1, 0.15) is 44.1 Å². The molecular formula is C30H35F2N7O2. The fraction of sp³-hybridized carbons (Fsp3) is 0.433. The number of ether oxygens (including phenoxy) is 2. The van der Waals surface area contributed by atoms with Crippen molar-refractivity contribution in [3.63, 3.8) is 0 Å². The molecule has 41 heavy (non-hydrogen) atoms. The van der Waals surface area contributed by atoms with Crippen LogP contribution < -0.4 is 15.1 Å². The Kier molecular flexibility index (Phi) is 7.97. The van der Waals surface area contributed by atoms with Gasteiger partial charge in [0.1, 0.15) is 11.6 Å². The first-order valence-corrected chi connectivity index (χ1v) is 14.2. The van der Waals surface area contributed by atoms with Crippen molar-refractivity contribution < 1.29 is 18.3 Å². The van der Waals surface area contributed by atoms with Gasteiger partial charge >= 0.3 is 0 Å². The third kappa shape index (κ3) is 5.69. The Bertz CT molecular complexity index is 1470. The summed E-state index contributed by atoms with van der Waals surface area (Å²) in [6, 6.07) is 17.7. The number of nitrogens with one attached hydrogen (secondary N) is 1. The quantitative estimate of drug-likeness (QED) is 0.306. The molecule has 2 fully saturated rings. The summed E-state index contributed by atoms with van der Waals surface area (Å²) in [5.41, 5.74) is 3.33. The third-order valence-corrected chi connectivity index (χ3v) is 7.79. The summed E-state index contributed by atoms with van der Waals surface area (Å²) in [6.07, 6.45) is -1.74. The second-order valence-corrected chi connectivity index (χ2v) is 10.4. The van der Waals surface area contributed by atoms with E-state index in [1.54, 1.807) is 24.3 Å². The minimum Gasteiger partial charge on any atom is -0.378 e. The van der Waals surface area contributed by atoms with E-state index in [1.807, 2.05) is 11.0 Å². The van der Waals surface area contributed by atoms with Crippen LogP contribution in [0, 0.1) is 0 Å². The van der Waals surface area contributed by atoms with E-state index in [2.05, 4.69) is 53.3 Å². The summed E-state index contributed by atoms with van der Waals surface area (Å²) < 4.78 is 41.0. The molecule has 216 valence electrons. The van der Waals surface area contributed by atoms with E-state index in [0.717, 1.165) is 31.7 Å². The minimum atomic E-state index is -2.77. The zero-order valence-electron chi connectivity index (χ0n) is 23.3. The maximum atomic E-state index is 14.2. The van der Waals surface area contributed by atoms with Crippen LogP contribution in [0.3, 0.4) is 0 Å². The fourth-order valence-electron chi connectivity index (χ4n) is 5.54. The zero-order chi connectivity index (χ0) is 28.3. The van der Waals surface area contributed by atoms with Gasteiger partial charge in [-0.3, -0.25) is 4.57 Å². The summed E-state index contributed by atoms with van der Waals surface area (Å²) >= 11 is 0. The molecule has 1 N–H and O–H groups in total. The van der Waals surface area contributed by atoms with Gasteiger partial charge < -0.3 is 24.6 Å². The smallest absolute Gasteiger partial charge is 0.296 e. The number of para-hydroxylation sites is 2. The van der Waals surface area contributed by atoms with Crippen LogP contribution in [0.2, 0.25) is 0 Å². The van der Waals surface area contributed by atoms with Gasteiger partial charge in [-0.15, -0.1) is 0 Å². The molecule has 0 bridgehead atoms. The molecule has 0 radical (unpaired) electrons. The van der Waals surface area contributed by atoms with Gasteiger partial charge in [-0.05, 0) is 43.2 Å². The highest BCUT2D eigenvalue weighted by molar-refractivity contribution is 5.78. The molecule has 2 atom stereocenters. The number of alkyl halides is 2. The number of halogens is 2. The molecule has 0 aliphatic carbocycles. The Hall–Kier alpha value is -3.83. The Morgan fingerprint density at radius 2 is 1.71 bits per heavy atom. The van der Waals surface area contributed by atoms with Crippen molar-refractivity contribution in [2.45, 2.75) is 38.8 Å². The first kappa shape index (κ1) is 27.3. The van der Waals surface area contributed by atoms with Gasteiger partial charge in [0, 0.05) is 37.4 Å². The average molecular weight is 564 g/mol. The van der Waals surface area contributed by atoms with Crippen molar-refractivity contribution in [1.29, 1.82) is 0 Å². The molecule has 2 aromatic heterocycles. The van der Waals surface area contributed by atoms with Crippen molar-refractivity contribution in [3.05, 3.63) is 66.0 Å². The number of hydrogen-bond acceptors (Lipinski definition) is 8. The van der Waals surface area contributed by atoms with Gasteiger partial charge in [-0.1, -0.05) is 31.2 Å². The van der Waals surface area contributed by atoms with E-state index in [-0.39, 0.29) is 11.9 Å². The van der Waals surface area contributed by atoms with Crippen molar-refractivity contribution in [3.8, 4) is 5.82 Å².